The summed E-state index contributed by atoms with van der Waals surface area (Å²) >= 11 is 0. The first-order chi connectivity index (χ1) is 9.95. The number of aliphatic hydroxyl groups is 1. The average Bonchev–Trinajstić information content (AvgIpc) is 3.24. The van der Waals surface area contributed by atoms with Crippen molar-refractivity contribution in [3.63, 3.8) is 0 Å². The van der Waals surface area contributed by atoms with Crippen LogP contribution in [0.3, 0.4) is 0 Å². The highest BCUT2D eigenvalue weighted by Crippen LogP contribution is 2.38. The van der Waals surface area contributed by atoms with Crippen molar-refractivity contribution in [2.45, 2.75) is 51.2 Å². The van der Waals surface area contributed by atoms with Crippen LogP contribution in [0.1, 0.15) is 53.5 Å². The van der Waals surface area contributed by atoms with Crippen molar-refractivity contribution in [1.29, 1.82) is 0 Å². The summed E-state index contributed by atoms with van der Waals surface area (Å²) in [6, 6.07) is 2.45. The Bertz CT molecular complexity index is 565. The van der Waals surface area contributed by atoms with Crippen molar-refractivity contribution >= 4 is 5.91 Å². The van der Waals surface area contributed by atoms with E-state index in [4.69, 9.17) is 0 Å². The van der Waals surface area contributed by atoms with Crippen LogP contribution in [0.2, 0.25) is 0 Å². The monoisotopic (exact) mass is 294 g/mol. The van der Waals surface area contributed by atoms with Gasteiger partial charge in [-0.15, -0.1) is 0 Å². The first-order valence-electron chi connectivity index (χ1n) is 7.73. The number of hydrogen-bond acceptors (Lipinski definition) is 2. The van der Waals surface area contributed by atoms with Crippen molar-refractivity contribution in [3.8, 4) is 0 Å². The van der Waals surface area contributed by atoms with Crippen LogP contribution in [0.4, 0.5) is 4.39 Å². The summed E-state index contributed by atoms with van der Waals surface area (Å²) in [5.41, 5.74) is 1.13. The van der Waals surface area contributed by atoms with Crippen molar-refractivity contribution < 1.29 is 14.3 Å². The predicted octanol–water partition coefficient (Wildman–Crippen LogP) is 2.38. The molecule has 1 atom stereocenters. The first kappa shape index (κ1) is 14.6. The third-order valence-electron chi connectivity index (χ3n) is 4.72. The van der Waals surface area contributed by atoms with Gasteiger partial charge in [-0.05, 0) is 45.6 Å². The Hall–Kier alpha value is -1.36. The van der Waals surface area contributed by atoms with E-state index in [1.807, 2.05) is 19.9 Å². The number of piperidine rings is 1. The van der Waals surface area contributed by atoms with E-state index in [0.717, 1.165) is 11.4 Å². The number of rotatable bonds is 3. The molecule has 4 nitrogen and oxygen atoms in total. The van der Waals surface area contributed by atoms with Gasteiger partial charge in [-0.2, -0.15) is 0 Å². The predicted molar refractivity (Wildman–Crippen MR) is 78.2 cm³/mol. The van der Waals surface area contributed by atoms with Crippen LogP contribution in [0, 0.1) is 13.8 Å². The highest BCUT2D eigenvalue weighted by Gasteiger charge is 2.38. The van der Waals surface area contributed by atoms with E-state index >= 15 is 0 Å². The highest BCUT2D eigenvalue weighted by atomic mass is 19.1. The lowest BCUT2D eigenvalue weighted by Gasteiger charge is -2.36. The van der Waals surface area contributed by atoms with Gasteiger partial charge in [0.05, 0.1) is 18.7 Å². The number of carbonyl (C=O) groups excluding carboxylic acids is 1. The number of nitrogens with zero attached hydrogens (tertiary/aromatic N) is 2. The minimum Gasteiger partial charge on any atom is -0.393 e. The van der Waals surface area contributed by atoms with Crippen LogP contribution in [-0.4, -0.2) is 45.8 Å². The zero-order chi connectivity index (χ0) is 15.2. The summed E-state index contributed by atoms with van der Waals surface area (Å²) in [6.07, 6.45) is 3.27. The molecule has 0 bridgehead atoms. The van der Waals surface area contributed by atoms with E-state index in [0.29, 0.717) is 31.0 Å². The Kier molecular flexibility index (Phi) is 3.56. The van der Waals surface area contributed by atoms with Crippen LogP contribution in [0.15, 0.2) is 6.07 Å². The van der Waals surface area contributed by atoms with Gasteiger partial charge in [0.25, 0.3) is 5.91 Å². The molecule has 0 spiro atoms. The molecule has 5 heteroatoms. The lowest BCUT2D eigenvalue weighted by Crippen LogP contribution is -2.49. The molecule has 1 aliphatic heterocycles. The smallest absolute Gasteiger partial charge is 0.255 e. The maximum atomic E-state index is 14.3. The second kappa shape index (κ2) is 5.13. The Morgan fingerprint density at radius 3 is 2.81 bits per heavy atom. The summed E-state index contributed by atoms with van der Waals surface area (Å²) in [5.74, 6) is -0.106. The lowest BCUT2D eigenvalue weighted by atomic mass is 9.95. The number of halogens is 1. The molecule has 2 aliphatic rings. The summed E-state index contributed by atoms with van der Waals surface area (Å²) in [5, 5.41) is 9.19. The second-order valence-corrected chi connectivity index (χ2v) is 6.53. The van der Waals surface area contributed by atoms with Gasteiger partial charge >= 0.3 is 0 Å². The van der Waals surface area contributed by atoms with Crippen molar-refractivity contribution in [2.24, 2.45) is 0 Å². The molecular formula is C16H23FN2O2. The summed E-state index contributed by atoms with van der Waals surface area (Å²) in [4.78, 5) is 14.3. The summed E-state index contributed by atoms with van der Waals surface area (Å²) in [6.45, 7) is 4.04. The number of alkyl halides is 1. The fourth-order valence-electron chi connectivity index (χ4n) is 3.45. The summed E-state index contributed by atoms with van der Waals surface area (Å²) in [7, 11) is 0. The third kappa shape index (κ3) is 2.59. The number of carbonyl (C=O) groups is 1. The van der Waals surface area contributed by atoms with Crippen LogP contribution < -0.4 is 0 Å². The molecule has 1 aromatic rings. The Morgan fingerprint density at radius 1 is 1.48 bits per heavy atom. The molecule has 2 heterocycles. The van der Waals surface area contributed by atoms with Gasteiger partial charge in [0.2, 0.25) is 0 Å². The SMILES string of the molecule is Cc1cc(C(=O)N2CCCC(F)(CO)C2)c(C)n1C1CC1. The maximum absolute atomic E-state index is 14.3. The molecule has 1 aromatic heterocycles. The zero-order valence-corrected chi connectivity index (χ0v) is 12.7. The number of aromatic nitrogens is 1. The maximum Gasteiger partial charge on any atom is 0.255 e. The van der Waals surface area contributed by atoms with Crippen LogP contribution in [0.5, 0.6) is 0 Å². The van der Waals surface area contributed by atoms with E-state index < -0.39 is 12.3 Å². The molecule has 116 valence electrons. The van der Waals surface area contributed by atoms with E-state index in [-0.39, 0.29) is 12.5 Å². The van der Waals surface area contributed by atoms with Gasteiger partial charge in [-0.1, -0.05) is 0 Å². The fourth-order valence-corrected chi connectivity index (χ4v) is 3.45. The molecule has 3 rings (SSSR count). The van der Waals surface area contributed by atoms with E-state index in [9.17, 15) is 14.3 Å². The molecule has 21 heavy (non-hydrogen) atoms. The van der Waals surface area contributed by atoms with E-state index in [1.165, 1.54) is 12.8 Å². The van der Waals surface area contributed by atoms with Gasteiger partial charge < -0.3 is 14.6 Å². The normalized spacial score (nSPS) is 26.2. The summed E-state index contributed by atoms with van der Waals surface area (Å²) < 4.78 is 16.5. The molecular weight excluding hydrogens is 271 g/mol. The minimum absolute atomic E-state index is 0.00453. The molecule has 1 unspecified atom stereocenters. The van der Waals surface area contributed by atoms with Gasteiger partial charge in [0.15, 0.2) is 5.67 Å². The number of likely N-dealkylation sites (tertiary alicyclic amines) is 1. The average molecular weight is 294 g/mol. The topological polar surface area (TPSA) is 45.5 Å². The van der Waals surface area contributed by atoms with Crippen LogP contribution >= 0.6 is 0 Å². The number of aliphatic hydroxyl groups excluding tert-OH is 1. The van der Waals surface area contributed by atoms with Gasteiger partial charge in [-0.3, -0.25) is 4.79 Å². The molecule has 0 radical (unpaired) electrons. The van der Waals surface area contributed by atoms with Gasteiger partial charge in [0.1, 0.15) is 0 Å². The molecule has 2 fully saturated rings. The molecule has 1 saturated carbocycles. The molecule has 1 amide bonds. The Morgan fingerprint density at radius 2 is 2.19 bits per heavy atom. The van der Waals surface area contributed by atoms with Crippen molar-refractivity contribution in [2.75, 3.05) is 19.7 Å². The lowest BCUT2D eigenvalue weighted by molar-refractivity contribution is 0.00170. The van der Waals surface area contributed by atoms with Crippen molar-refractivity contribution in [1.82, 2.24) is 9.47 Å². The third-order valence-corrected chi connectivity index (χ3v) is 4.72. The molecule has 1 aliphatic carbocycles. The van der Waals surface area contributed by atoms with Gasteiger partial charge in [-0.25, -0.2) is 4.39 Å². The Labute approximate surface area is 124 Å². The number of hydrogen-bond donors (Lipinski definition) is 1. The fraction of sp³-hybridized carbons (Fsp3) is 0.688. The number of amides is 1. The highest BCUT2D eigenvalue weighted by molar-refractivity contribution is 5.96. The van der Waals surface area contributed by atoms with Crippen LogP contribution in [-0.2, 0) is 0 Å². The van der Waals surface area contributed by atoms with Gasteiger partial charge in [0, 0.05) is 24.0 Å². The standard InChI is InChI=1S/C16H23FN2O2/c1-11-8-14(12(2)19(11)13-4-5-13)15(21)18-7-3-6-16(17,9-18)10-20/h8,13,20H,3-7,9-10H2,1-2H3. The number of aryl methyl sites for hydroxylation is 1. The molecule has 1 N–H and O–H groups in total. The quantitative estimate of drug-likeness (QED) is 0.930. The first-order valence-corrected chi connectivity index (χ1v) is 7.73. The zero-order valence-electron chi connectivity index (χ0n) is 12.7. The molecule has 1 saturated heterocycles. The Balaban J connectivity index is 1.83. The van der Waals surface area contributed by atoms with Crippen LogP contribution in [0.25, 0.3) is 0 Å². The largest absolute Gasteiger partial charge is 0.393 e. The molecule has 0 aromatic carbocycles. The second-order valence-electron chi connectivity index (χ2n) is 6.53. The van der Waals surface area contributed by atoms with E-state index in [1.54, 1.807) is 4.90 Å². The van der Waals surface area contributed by atoms with E-state index in [2.05, 4.69) is 4.57 Å². The minimum atomic E-state index is -1.64. The van der Waals surface area contributed by atoms with Crippen molar-refractivity contribution in [3.05, 3.63) is 23.0 Å².